The molecule has 0 radical (unpaired) electrons. The second-order valence-corrected chi connectivity index (χ2v) is 7.86. The van der Waals surface area contributed by atoms with Crippen LogP contribution in [0.2, 0.25) is 0 Å². The summed E-state index contributed by atoms with van der Waals surface area (Å²) in [7, 11) is 0. The molecule has 1 saturated heterocycles. The van der Waals surface area contributed by atoms with Gasteiger partial charge in [0, 0.05) is 24.7 Å². The number of hydrogen-bond acceptors (Lipinski definition) is 5. The van der Waals surface area contributed by atoms with Gasteiger partial charge in [-0.05, 0) is 45.6 Å². The Labute approximate surface area is 176 Å². The lowest BCUT2D eigenvalue weighted by molar-refractivity contribution is 0.0683. The van der Waals surface area contributed by atoms with Crippen LogP contribution >= 0.6 is 12.4 Å². The standard InChI is InChI=1S/C22H26N4O2.ClH/c1-13-4-6-17(7-5-13)19-12-18(20-15(3)25-28-21(20)24-19)22(27)26-10-8-16(9-11-26)14(2)23;/h4-7,12,14,16H,8-11,23H2,1-3H3;1H. The SMILES string of the molecule is Cc1ccc(-c2cc(C(=O)N3CCC(C(C)N)CC3)c3c(C)noc3n2)cc1.Cl. The number of likely N-dealkylation sites (tertiary alicyclic amines) is 1. The third kappa shape index (κ3) is 4.14. The maximum Gasteiger partial charge on any atom is 0.259 e. The van der Waals surface area contributed by atoms with E-state index in [9.17, 15) is 4.79 Å². The van der Waals surface area contributed by atoms with E-state index in [1.807, 2.05) is 56.0 Å². The third-order valence-electron chi connectivity index (χ3n) is 5.77. The lowest BCUT2D eigenvalue weighted by atomic mass is 9.90. The molecule has 0 bridgehead atoms. The number of carbonyl (C=O) groups is 1. The molecule has 1 fully saturated rings. The van der Waals surface area contributed by atoms with Gasteiger partial charge >= 0.3 is 0 Å². The first-order chi connectivity index (χ1) is 13.4. The highest BCUT2D eigenvalue weighted by molar-refractivity contribution is 6.07. The van der Waals surface area contributed by atoms with Gasteiger partial charge in [0.2, 0.25) is 0 Å². The van der Waals surface area contributed by atoms with Crippen LogP contribution in [0, 0.1) is 19.8 Å². The molecule has 3 heterocycles. The van der Waals surface area contributed by atoms with Gasteiger partial charge < -0.3 is 15.2 Å². The monoisotopic (exact) mass is 414 g/mol. The summed E-state index contributed by atoms with van der Waals surface area (Å²) in [5.74, 6) is 0.483. The second-order valence-electron chi connectivity index (χ2n) is 7.86. The minimum atomic E-state index is 0. The van der Waals surface area contributed by atoms with E-state index in [4.69, 9.17) is 10.3 Å². The fraction of sp³-hybridized carbons (Fsp3) is 0.409. The van der Waals surface area contributed by atoms with E-state index in [-0.39, 0.29) is 24.4 Å². The summed E-state index contributed by atoms with van der Waals surface area (Å²) in [5, 5.41) is 4.75. The molecule has 0 aliphatic carbocycles. The first kappa shape index (κ1) is 21.3. The number of benzene rings is 1. The molecule has 2 N–H and O–H groups in total. The van der Waals surface area contributed by atoms with Crippen LogP contribution in [0.15, 0.2) is 34.9 Å². The minimum Gasteiger partial charge on any atom is -0.339 e. The van der Waals surface area contributed by atoms with Gasteiger partial charge in [0.05, 0.1) is 22.3 Å². The molecule has 4 rings (SSSR count). The predicted octanol–water partition coefficient (Wildman–Crippen LogP) is 4.13. The van der Waals surface area contributed by atoms with E-state index in [1.54, 1.807) is 0 Å². The predicted molar refractivity (Wildman–Crippen MR) is 116 cm³/mol. The molecule has 1 aromatic carbocycles. The zero-order chi connectivity index (χ0) is 19.8. The number of hydrogen-bond donors (Lipinski definition) is 1. The summed E-state index contributed by atoms with van der Waals surface area (Å²) < 4.78 is 5.41. The first-order valence-corrected chi connectivity index (χ1v) is 9.83. The van der Waals surface area contributed by atoms with E-state index in [0.717, 1.165) is 37.2 Å². The number of carbonyl (C=O) groups excluding carboxylic acids is 1. The molecular weight excluding hydrogens is 388 g/mol. The van der Waals surface area contributed by atoms with Crippen LogP contribution in [-0.4, -0.2) is 40.1 Å². The van der Waals surface area contributed by atoms with Crippen molar-refractivity contribution in [1.82, 2.24) is 15.0 Å². The number of rotatable bonds is 3. The van der Waals surface area contributed by atoms with Crippen molar-refractivity contribution in [3.63, 3.8) is 0 Å². The van der Waals surface area contributed by atoms with Crippen LogP contribution in [0.5, 0.6) is 0 Å². The van der Waals surface area contributed by atoms with Gasteiger partial charge in [0.1, 0.15) is 0 Å². The summed E-state index contributed by atoms with van der Waals surface area (Å²) in [6, 6.07) is 10.1. The Balaban J connectivity index is 0.00000240. The van der Waals surface area contributed by atoms with Crippen molar-refractivity contribution in [3.8, 4) is 11.3 Å². The number of nitrogens with two attached hydrogens (primary N) is 1. The molecule has 7 heteroatoms. The van der Waals surface area contributed by atoms with Crippen LogP contribution < -0.4 is 5.73 Å². The third-order valence-corrected chi connectivity index (χ3v) is 5.77. The molecular formula is C22H27ClN4O2. The molecule has 3 aromatic rings. The Bertz CT molecular complexity index is 1010. The number of nitrogens with zero attached hydrogens (tertiary/aromatic N) is 3. The fourth-order valence-corrected chi connectivity index (χ4v) is 3.93. The van der Waals surface area contributed by atoms with Crippen molar-refractivity contribution in [3.05, 3.63) is 47.2 Å². The Morgan fingerprint density at radius 3 is 2.48 bits per heavy atom. The fourth-order valence-electron chi connectivity index (χ4n) is 3.93. The van der Waals surface area contributed by atoms with Gasteiger partial charge in [-0.1, -0.05) is 35.0 Å². The Morgan fingerprint density at radius 2 is 1.86 bits per heavy atom. The Kier molecular flexibility index (Phi) is 6.24. The highest BCUT2D eigenvalue weighted by Gasteiger charge is 2.28. The van der Waals surface area contributed by atoms with E-state index in [0.29, 0.717) is 28.3 Å². The summed E-state index contributed by atoms with van der Waals surface area (Å²) in [6.45, 7) is 7.38. The number of fused-ring (bicyclic) bond motifs is 1. The van der Waals surface area contributed by atoms with Crippen LogP contribution in [0.25, 0.3) is 22.4 Å². The van der Waals surface area contributed by atoms with Crippen LogP contribution in [0.1, 0.15) is 41.4 Å². The first-order valence-electron chi connectivity index (χ1n) is 9.83. The van der Waals surface area contributed by atoms with Crippen LogP contribution in [-0.2, 0) is 0 Å². The molecule has 6 nitrogen and oxygen atoms in total. The molecule has 2 aromatic heterocycles. The normalized spacial score (nSPS) is 15.9. The molecule has 0 spiro atoms. The quantitative estimate of drug-likeness (QED) is 0.696. The van der Waals surface area contributed by atoms with Crippen molar-refractivity contribution in [2.75, 3.05) is 13.1 Å². The molecule has 29 heavy (non-hydrogen) atoms. The van der Waals surface area contributed by atoms with Crippen molar-refractivity contribution < 1.29 is 9.32 Å². The smallest absolute Gasteiger partial charge is 0.259 e. The van der Waals surface area contributed by atoms with Crippen LogP contribution in [0.3, 0.4) is 0 Å². The Hall–Kier alpha value is -2.44. The van der Waals surface area contributed by atoms with Crippen molar-refractivity contribution in [1.29, 1.82) is 0 Å². The lowest BCUT2D eigenvalue weighted by Gasteiger charge is -2.33. The van der Waals surface area contributed by atoms with E-state index in [1.165, 1.54) is 5.56 Å². The van der Waals surface area contributed by atoms with Gasteiger partial charge in [-0.25, -0.2) is 4.98 Å². The molecule has 1 atom stereocenters. The summed E-state index contributed by atoms with van der Waals surface area (Å²) in [5.41, 5.74) is 10.6. The summed E-state index contributed by atoms with van der Waals surface area (Å²) in [4.78, 5) is 19.9. The maximum atomic E-state index is 13.4. The van der Waals surface area contributed by atoms with Gasteiger partial charge in [-0.2, -0.15) is 0 Å². The number of piperidine rings is 1. The highest BCUT2D eigenvalue weighted by atomic mass is 35.5. The molecule has 0 saturated carbocycles. The zero-order valence-electron chi connectivity index (χ0n) is 17.0. The van der Waals surface area contributed by atoms with Crippen LogP contribution in [0.4, 0.5) is 0 Å². The maximum absolute atomic E-state index is 13.4. The number of aryl methyl sites for hydroxylation is 2. The minimum absolute atomic E-state index is 0. The highest BCUT2D eigenvalue weighted by Crippen LogP contribution is 2.29. The molecule has 1 aliphatic heterocycles. The largest absolute Gasteiger partial charge is 0.339 e. The van der Waals surface area contributed by atoms with Crippen molar-refractivity contribution >= 4 is 29.4 Å². The van der Waals surface area contributed by atoms with Gasteiger partial charge in [-0.3, -0.25) is 4.79 Å². The molecule has 1 amide bonds. The molecule has 1 aliphatic rings. The van der Waals surface area contributed by atoms with Gasteiger partial charge in [0.25, 0.3) is 11.6 Å². The average Bonchev–Trinajstić information content (AvgIpc) is 3.08. The Morgan fingerprint density at radius 1 is 1.21 bits per heavy atom. The zero-order valence-corrected chi connectivity index (χ0v) is 17.8. The number of pyridine rings is 1. The van der Waals surface area contributed by atoms with E-state index in [2.05, 4.69) is 10.1 Å². The number of aromatic nitrogens is 2. The number of amides is 1. The molecule has 154 valence electrons. The van der Waals surface area contributed by atoms with E-state index >= 15 is 0 Å². The number of halogens is 1. The van der Waals surface area contributed by atoms with E-state index < -0.39 is 0 Å². The lowest BCUT2D eigenvalue weighted by Crippen LogP contribution is -2.42. The van der Waals surface area contributed by atoms with Crippen molar-refractivity contribution in [2.24, 2.45) is 11.7 Å². The summed E-state index contributed by atoms with van der Waals surface area (Å²) >= 11 is 0. The topological polar surface area (TPSA) is 85.2 Å². The van der Waals surface area contributed by atoms with Crippen molar-refractivity contribution in [2.45, 2.75) is 39.7 Å². The average molecular weight is 415 g/mol. The van der Waals surface area contributed by atoms with Gasteiger partial charge in [0.15, 0.2) is 0 Å². The second kappa shape index (κ2) is 8.51. The van der Waals surface area contributed by atoms with Gasteiger partial charge in [-0.15, -0.1) is 12.4 Å². The summed E-state index contributed by atoms with van der Waals surface area (Å²) in [6.07, 6.45) is 1.87. The molecule has 1 unspecified atom stereocenters.